The Bertz CT molecular complexity index is 857. The number of anilines is 1. The quantitative estimate of drug-likeness (QED) is 0.440. The lowest BCUT2D eigenvalue weighted by Gasteiger charge is -2.23. The highest BCUT2D eigenvalue weighted by Crippen LogP contribution is 2.09. The molecule has 0 aliphatic rings. The van der Waals surface area contributed by atoms with Crippen molar-refractivity contribution >= 4 is 29.9 Å². The molecule has 0 spiro atoms. The van der Waals surface area contributed by atoms with E-state index in [0.29, 0.717) is 18.7 Å². The summed E-state index contributed by atoms with van der Waals surface area (Å²) >= 11 is 0. The summed E-state index contributed by atoms with van der Waals surface area (Å²) in [4.78, 5) is 60.2. The normalized spacial score (nSPS) is 12.1. The van der Waals surface area contributed by atoms with E-state index in [-0.39, 0.29) is 31.0 Å². The van der Waals surface area contributed by atoms with Gasteiger partial charge < -0.3 is 30.0 Å². The maximum Gasteiger partial charge on any atom is 0.408 e. The van der Waals surface area contributed by atoms with Crippen LogP contribution in [0, 0.1) is 5.92 Å². The van der Waals surface area contributed by atoms with Gasteiger partial charge in [-0.3, -0.25) is 14.4 Å². The molecule has 0 saturated carbocycles. The Labute approximate surface area is 188 Å². The third-order valence-corrected chi connectivity index (χ3v) is 4.22. The molecule has 0 saturated heterocycles. The maximum absolute atomic E-state index is 12.7. The summed E-state index contributed by atoms with van der Waals surface area (Å²) in [6, 6.07) is 1.85. The standard InChI is InChI=1S/C22H34N4O6/c1-15(2)10-11-23-18(28)14-26-12-6-8-17(20(26)30)24-19(29)16(9-7-13-27)25-21(31)32-22(3,4)5/h6,8,12-13,15-16H,7,9-11,14H2,1-5H3,(H,23,28)(H,24,29)(H,25,31)/t16-/m0/s1. The van der Waals surface area contributed by atoms with Gasteiger partial charge in [0.2, 0.25) is 11.8 Å². The first kappa shape index (κ1) is 26.9. The van der Waals surface area contributed by atoms with Crippen LogP contribution in [0.2, 0.25) is 0 Å². The molecule has 0 radical (unpaired) electrons. The van der Waals surface area contributed by atoms with Gasteiger partial charge in [0.15, 0.2) is 0 Å². The molecule has 3 N–H and O–H groups in total. The summed E-state index contributed by atoms with van der Waals surface area (Å²) in [7, 11) is 0. The summed E-state index contributed by atoms with van der Waals surface area (Å²) in [5, 5.41) is 7.64. The van der Waals surface area contributed by atoms with E-state index in [2.05, 4.69) is 16.0 Å². The van der Waals surface area contributed by atoms with Crippen LogP contribution in [-0.4, -0.2) is 46.9 Å². The molecular weight excluding hydrogens is 416 g/mol. The number of aromatic nitrogens is 1. The van der Waals surface area contributed by atoms with Crippen molar-refractivity contribution in [2.75, 3.05) is 11.9 Å². The summed E-state index contributed by atoms with van der Waals surface area (Å²) in [5.74, 6) is -0.543. The average molecular weight is 451 g/mol. The zero-order valence-corrected chi connectivity index (χ0v) is 19.4. The summed E-state index contributed by atoms with van der Waals surface area (Å²) in [5.41, 5.74) is -1.38. The summed E-state index contributed by atoms with van der Waals surface area (Å²) < 4.78 is 6.34. The van der Waals surface area contributed by atoms with E-state index < -0.39 is 29.2 Å². The van der Waals surface area contributed by atoms with Crippen molar-refractivity contribution in [1.29, 1.82) is 0 Å². The zero-order valence-electron chi connectivity index (χ0n) is 19.4. The van der Waals surface area contributed by atoms with Gasteiger partial charge in [0, 0.05) is 19.2 Å². The number of nitrogens with one attached hydrogen (secondary N) is 3. The topological polar surface area (TPSA) is 136 Å². The first-order valence-electron chi connectivity index (χ1n) is 10.6. The molecule has 32 heavy (non-hydrogen) atoms. The van der Waals surface area contributed by atoms with Gasteiger partial charge in [0.1, 0.15) is 30.2 Å². The molecule has 0 fully saturated rings. The number of hydrogen-bond donors (Lipinski definition) is 3. The Morgan fingerprint density at radius 2 is 1.88 bits per heavy atom. The molecule has 178 valence electrons. The molecule has 10 nitrogen and oxygen atoms in total. The van der Waals surface area contributed by atoms with E-state index in [0.717, 1.165) is 6.42 Å². The van der Waals surface area contributed by atoms with Gasteiger partial charge in [0.05, 0.1) is 0 Å². The predicted octanol–water partition coefficient (Wildman–Crippen LogP) is 1.82. The van der Waals surface area contributed by atoms with Crippen LogP contribution in [0.15, 0.2) is 23.1 Å². The average Bonchev–Trinajstić information content (AvgIpc) is 2.66. The van der Waals surface area contributed by atoms with E-state index >= 15 is 0 Å². The van der Waals surface area contributed by atoms with Crippen LogP contribution < -0.4 is 21.5 Å². The van der Waals surface area contributed by atoms with Crippen molar-refractivity contribution in [3.05, 3.63) is 28.7 Å². The molecule has 0 aliphatic carbocycles. The molecule has 1 rings (SSSR count). The largest absolute Gasteiger partial charge is 0.444 e. The van der Waals surface area contributed by atoms with Crippen LogP contribution in [0.25, 0.3) is 0 Å². The fourth-order valence-corrected chi connectivity index (χ4v) is 2.64. The highest BCUT2D eigenvalue weighted by Gasteiger charge is 2.25. The number of carbonyl (C=O) groups excluding carboxylic acids is 4. The number of amides is 3. The van der Waals surface area contributed by atoms with Gasteiger partial charge in [-0.15, -0.1) is 0 Å². The second-order valence-electron chi connectivity index (χ2n) is 8.82. The fraction of sp³-hybridized carbons (Fsp3) is 0.591. The molecule has 0 aliphatic heterocycles. The van der Waals surface area contributed by atoms with Gasteiger partial charge >= 0.3 is 6.09 Å². The first-order chi connectivity index (χ1) is 14.9. The maximum atomic E-state index is 12.7. The van der Waals surface area contributed by atoms with Crippen LogP contribution in [0.4, 0.5) is 10.5 Å². The Balaban J connectivity index is 2.86. The second-order valence-corrected chi connectivity index (χ2v) is 8.82. The van der Waals surface area contributed by atoms with E-state index in [1.54, 1.807) is 20.8 Å². The minimum atomic E-state index is -1.08. The smallest absolute Gasteiger partial charge is 0.408 e. The Kier molecular flexibility index (Phi) is 10.6. The molecule has 0 aromatic carbocycles. The number of carbonyl (C=O) groups is 4. The number of ether oxygens (including phenoxy) is 1. The minimum Gasteiger partial charge on any atom is -0.444 e. The number of aldehydes is 1. The number of pyridine rings is 1. The Morgan fingerprint density at radius 3 is 2.47 bits per heavy atom. The van der Waals surface area contributed by atoms with Gasteiger partial charge in [-0.25, -0.2) is 4.79 Å². The Morgan fingerprint density at radius 1 is 1.19 bits per heavy atom. The van der Waals surface area contributed by atoms with Gasteiger partial charge in [-0.05, 0) is 51.7 Å². The minimum absolute atomic E-state index is 0.0312. The van der Waals surface area contributed by atoms with Crippen molar-refractivity contribution in [1.82, 2.24) is 15.2 Å². The van der Waals surface area contributed by atoms with Crippen LogP contribution in [0.5, 0.6) is 0 Å². The summed E-state index contributed by atoms with van der Waals surface area (Å²) in [6.07, 6.45) is 2.15. The molecule has 0 bridgehead atoms. The van der Waals surface area contributed by atoms with Crippen LogP contribution in [0.1, 0.15) is 53.9 Å². The molecule has 3 amide bonds. The van der Waals surface area contributed by atoms with Gasteiger partial charge in [-0.2, -0.15) is 0 Å². The highest BCUT2D eigenvalue weighted by atomic mass is 16.6. The van der Waals surface area contributed by atoms with E-state index in [1.807, 2.05) is 13.8 Å². The summed E-state index contributed by atoms with van der Waals surface area (Å²) in [6.45, 7) is 9.45. The third-order valence-electron chi connectivity index (χ3n) is 4.22. The van der Waals surface area contributed by atoms with Crippen molar-refractivity contribution in [2.45, 2.75) is 72.1 Å². The van der Waals surface area contributed by atoms with Gasteiger partial charge in [0.25, 0.3) is 5.56 Å². The zero-order chi connectivity index (χ0) is 24.3. The molecular formula is C22H34N4O6. The van der Waals surface area contributed by atoms with E-state index in [9.17, 15) is 24.0 Å². The highest BCUT2D eigenvalue weighted by molar-refractivity contribution is 5.96. The fourth-order valence-electron chi connectivity index (χ4n) is 2.64. The number of rotatable bonds is 11. The molecule has 1 heterocycles. The van der Waals surface area contributed by atoms with E-state index in [4.69, 9.17) is 4.74 Å². The van der Waals surface area contributed by atoms with Crippen molar-refractivity contribution in [3.8, 4) is 0 Å². The van der Waals surface area contributed by atoms with Crippen molar-refractivity contribution < 1.29 is 23.9 Å². The number of nitrogens with zero attached hydrogens (tertiary/aromatic N) is 1. The lowest BCUT2D eigenvalue weighted by atomic mass is 10.1. The van der Waals surface area contributed by atoms with E-state index in [1.165, 1.54) is 22.9 Å². The lowest BCUT2D eigenvalue weighted by molar-refractivity contribution is -0.121. The predicted molar refractivity (Wildman–Crippen MR) is 120 cm³/mol. The number of alkyl carbamates (subject to hydrolysis) is 1. The SMILES string of the molecule is CC(C)CCNC(=O)Cn1cccc(NC(=O)[C@H](CCC=O)NC(=O)OC(C)(C)C)c1=O. The van der Waals surface area contributed by atoms with Crippen molar-refractivity contribution in [3.63, 3.8) is 0 Å². The molecule has 1 atom stereocenters. The van der Waals surface area contributed by atoms with Crippen LogP contribution in [0.3, 0.4) is 0 Å². The third kappa shape index (κ3) is 10.2. The molecule has 1 aromatic rings. The van der Waals surface area contributed by atoms with Crippen molar-refractivity contribution in [2.24, 2.45) is 5.92 Å². The number of hydrogen-bond acceptors (Lipinski definition) is 6. The molecule has 0 unspecified atom stereocenters. The monoisotopic (exact) mass is 450 g/mol. The molecule has 10 heteroatoms. The van der Waals surface area contributed by atoms with Crippen LogP contribution in [-0.2, 0) is 25.7 Å². The molecule has 1 aromatic heterocycles. The lowest BCUT2D eigenvalue weighted by Crippen LogP contribution is -2.46. The second kappa shape index (κ2) is 12.6. The van der Waals surface area contributed by atoms with Gasteiger partial charge in [-0.1, -0.05) is 13.8 Å². The Hall–Kier alpha value is -3.17. The first-order valence-corrected chi connectivity index (χ1v) is 10.6. The van der Waals surface area contributed by atoms with Crippen LogP contribution >= 0.6 is 0 Å².